The molecule has 0 unspecified atom stereocenters. The second kappa shape index (κ2) is 10.6. The van der Waals surface area contributed by atoms with E-state index in [0.717, 1.165) is 24.3 Å². The van der Waals surface area contributed by atoms with Gasteiger partial charge in [-0.15, -0.1) is 0 Å². The molecule has 0 spiro atoms. The van der Waals surface area contributed by atoms with Gasteiger partial charge in [-0.1, -0.05) is 18.2 Å². The van der Waals surface area contributed by atoms with Gasteiger partial charge in [-0.25, -0.2) is 9.82 Å². The lowest BCUT2D eigenvalue weighted by molar-refractivity contribution is 0.0955. The van der Waals surface area contributed by atoms with Gasteiger partial charge in [-0.2, -0.15) is 5.10 Å². The molecule has 0 saturated carbocycles. The minimum atomic E-state index is -0.318. The maximum Gasteiger partial charge on any atom is 0.271 e. The molecule has 3 aromatic rings. The van der Waals surface area contributed by atoms with Crippen molar-refractivity contribution in [3.05, 3.63) is 89.2 Å². The number of benzene rings is 3. The molecule has 170 valence electrons. The normalized spacial score (nSPS) is 13.3. The highest BCUT2D eigenvalue weighted by molar-refractivity contribution is 5.95. The van der Waals surface area contributed by atoms with Crippen molar-refractivity contribution in [2.75, 3.05) is 25.1 Å². The lowest BCUT2D eigenvalue weighted by atomic mass is 10.2. The van der Waals surface area contributed by atoms with Gasteiger partial charge >= 0.3 is 0 Å². The fourth-order valence-electron chi connectivity index (χ4n) is 3.68. The summed E-state index contributed by atoms with van der Waals surface area (Å²) < 4.78 is 24.9. The molecule has 0 aliphatic carbocycles. The maximum absolute atomic E-state index is 13.8. The summed E-state index contributed by atoms with van der Waals surface area (Å²) in [4.78, 5) is 14.7. The number of nitrogens with zero attached hydrogens (tertiary/aromatic N) is 2. The predicted molar refractivity (Wildman–Crippen MR) is 127 cm³/mol. The number of ether oxygens (including phenoxy) is 2. The van der Waals surface area contributed by atoms with Crippen LogP contribution in [0.1, 0.15) is 34.3 Å². The molecule has 1 heterocycles. The minimum absolute atomic E-state index is 0.0864. The number of hydrogen-bond donors (Lipinski definition) is 1. The van der Waals surface area contributed by atoms with Crippen LogP contribution in [0, 0.1) is 5.82 Å². The number of halogens is 1. The summed E-state index contributed by atoms with van der Waals surface area (Å²) in [6.07, 6.45) is 3.94. The Kier molecular flexibility index (Phi) is 7.19. The topological polar surface area (TPSA) is 63.2 Å². The number of amides is 1. The van der Waals surface area contributed by atoms with E-state index in [4.69, 9.17) is 9.47 Å². The van der Waals surface area contributed by atoms with Gasteiger partial charge in [0.2, 0.25) is 0 Å². The Hall–Kier alpha value is -3.87. The fraction of sp³-hybridized carbons (Fsp3) is 0.231. The summed E-state index contributed by atoms with van der Waals surface area (Å²) in [5.41, 5.74) is 5.40. The molecule has 1 aliphatic heterocycles. The highest BCUT2D eigenvalue weighted by Crippen LogP contribution is 2.28. The van der Waals surface area contributed by atoms with Crippen LogP contribution in [0.4, 0.5) is 10.1 Å². The van der Waals surface area contributed by atoms with Crippen LogP contribution in [0.5, 0.6) is 11.5 Å². The molecule has 1 amide bonds. The van der Waals surface area contributed by atoms with Crippen molar-refractivity contribution >= 4 is 17.8 Å². The zero-order valence-corrected chi connectivity index (χ0v) is 18.5. The number of hydrogen-bond acceptors (Lipinski definition) is 5. The molecule has 4 rings (SSSR count). The van der Waals surface area contributed by atoms with Crippen LogP contribution in [0.3, 0.4) is 0 Å². The zero-order chi connectivity index (χ0) is 23.0. The molecule has 1 aliphatic rings. The van der Waals surface area contributed by atoms with Crippen LogP contribution in [0.25, 0.3) is 0 Å². The van der Waals surface area contributed by atoms with Crippen molar-refractivity contribution in [1.29, 1.82) is 0 Å². The van der Waals surface area contributed by atoms with Crippen LogP contribution in [-0.4, -0.2) is 32.3 Å². The minimum Gasteiger partial charge on any atom is -0.493 e. The van der Waals surface area contributed by atoms with Crippen molar-refractivity contribution in [2.45, 2.75) is 19.4 Å². The molecule has 7 heteroatoms. The number of methoxy groups -OCH3 is 1. The van der Waals surface area contributed by atoms with Gasteiger partial charge in [0.15, 0.2) is 11.5 Å². The van der Waals surface area contributed by atoms with Gasteiger partial charge < -0.3 is 14.4 Å². The van der Waals surface area contributed by atoms with Crippen molar-refractivity contribution in [1.82, 2.24) is 5.43 Å². The average Bonchev–Trinajstić information content (AvgIpc) is 3.39. The number of rotatable bonds is 8. The Bertz CT molecular complexity index is 1130. The fourth-order valence-corrected chi connectivity index (χ4v) is 3.68. The van der Waals surface area contributed by atoms with E-state index in [1.54, 1.807) is 36.4 Å². The summed E-state index contributed by atoms with van der Waals surface area (Å²) in [7, 11) is 1.53. The van der Waals surface area contributed by atoms with Crippen molar-refractivity contribution < 1.29 is 18.7 Å². The average molecular weight is 448 g/mol. The van der Waals surface area contributed by atoms with Gasteiger partial charge in [0, 0.05) is 29.9 Å². The molecule has 0 bridgehead atoms. The number of hydrazone groups is 1. The van der Waals surface area contributed by atoms with Gasteiger partial charge in [-0.05, 0) is 66.9 Å². The molecule has 0 radical (unpaired) electrons. The molecule has 3 aromatic carbocycles. The monoisotopic (exact) mass is 447 g/mol. The Balaban J connectivity index is 1.34. The molecule has 0 atom stereocenters. The van der Waals surface area contributed by atoms with E-state index < -0.39 is 0 Å². The second-order valence-electron chi connectivity index (χ2n) is 7.73. The van der Waals surface area contributed by atoms with Crippen molar-refractivity contribution in [2.24, 2.45) is 5.10 Å². The first kappa shape index (κ1) is 22.3. The second-order valence-corrected chi connectivity index (χ2v) is 7.73. The number of carbonyl (C=O) groups excluding carboxylic acids is 1. The zero-order valence-electron chi connectivity index (χ0n) is 18.5. The van der Waals surface area contributed by atoms with Crippen LogP contribution >= 0.6 is 0 Å². The first-order valence-electron chi connectivity index (χ1n) is 10.9. The molecular formula is C26H26FN3O3. The molecule has 1 fully saturated rings. The van der Waals surface area contributed by atoms with Crippen LogP contribution in [0.15, 0.2) is 71.8 Å². The van der Waals surface area contributed by atoms with E-state index in [1.807, 2.05) is 24.3 Å². The van der Waals surface area contributed by atoms with Gasteiger partial charge in [0.25, 0.3) is 5.91 Å². The first-order chi connectivity index (χ1) is 16.1. The smallest absolute Gasteiger partial charge is 0.271 e. The number of anilines is 1. The van der Waals surface area contributed by atoms with Crippen LogP contribution < -0.4 is 19.8 Å². The number of nitrogens with one attached hydrogen (secondary N) is 1. The third kappa shape index (κ3) is 5.68. The van der Waals surface area contributed by atoms with Crippen molar-refractivity contribution in [3.63, 3.8) is 0 Å². The van der Waals surface area contributed by atoms with Gasteiger partial charge in [0.1, 0.15) is 12.4 Å². The molecule has 0 aromatic heterocycles. The van der Waals surface area contributed by atoms with E-state index in [9.17, 15) is 9.18 Å². The highest BCUT2D eigenvalue weighted by atomic mass is 19.1. The predicted octanol–water partition coefficient (Wildman–Crippen LogP) is 4.78. The molecule has 1 saturated heterocycles. The quantitative estimate of drug-likeness (QED) is 0.399. The third-order valence-electron chi connectivity index (χ3n) is 5.51. The maximum atomic E-state index is 13.8. The third-order valence-corrected chi connectivity index (χ3v) is 5.51. The van der Waals surface area contributed by atoms with E-state index >= 15 is 0 Å². The Morgan fingerprint density at radius 3 is 2.55 bits per heavy atom. The molecule has 6 nitrogen and oxygen atoms in total. The molecule has 33 heavy (non-hydrogen) atoms. The summed E-state index contributed by atoms with van der Waals surface area (Å²) in [5.74, 6) is 0.372. The highest BCUT2D eigenvalue weighted by Gasteiger charge is 2.13. The Labute approximate surface area is 192 Å². The van der Waals surface area contributed by atoms with E-state index in [2.05, 4.69) is 15.4 Å². The number of carbonyl (C=O) groups is 1. The van der Waals surface area contributed by atoms with E-state index in [1.165, 1.54) is 32.2 Å². The lowest BCUT2D eigenvalue weighted by Crippen LogP contribution is -2.19. The Morgan fingerprint density at radius 1 is 1.06 bits per heavy atom. The van der Waals surface area contributed by atoms with Crippen LogP contribution in [0.2, 0.25) is 0 Å². The van der Waals surface area contributed by atoms with Crippen LogP contribution in [-0.2, 0) is 6.61 Å². The largest absolute Gasteiger partial charge is 0.493 e. The summed E-state index contributed by atoms with van der Waals surface area (Å²) in [6.45, 7) is 2.21. The lowest BCUT2D eigenvalue weighted by Gasteiger charge is -2.17. The Morgan fingerprint density at radius 2 is 1.82 bits per heavy atom. The summed E-state index contributed by atoms with van der Waals surface area (Å²) >= 11 is 0. The van der Waals surface area contributed by atoms with Crippen molar-refractivity contribution in [3.8, 4) is 11.5 Å². The standard InChI is InChI=1S/C26H26FN3O3/c1-32-25-16-19(8-13-24(25)33-18-21-6-2-3-7-23(21)27)17-28-29-26(31)20-9-11-22(12-10-20)30-14-4-5-15-30/h2-3,6-13,16-17H,4-5,14-15,18H2,1H3,(H,29,31)/b28-17-. The first-order valence-corrected chi connectivity index (χ1v) is 10.9. The van der Waals surface area contributed by atoms with Gasteiger partial charge in [-0.3, -0.25) is 4.79 Å². The molecular weight excluding hydrogens is 421 g/mol. The van der Waals surface area contributed by atoms with E-state index in [0.29, 0.717) is 22.6 Å². The molecule has 1 N–H and O–H groups in total. The summed E-state index contributed by atoms with van der Waals surface area (Å²) in [6, 6.07) is 19.2. The van der Waals surface area contributed by atoms with Gasteiger partial charge in [0.05, 0.1) is 13.3 Å². The SMILES string of the molecule is COc1cc(/C=N\NC(=O)c2ccc(N3CCCC3)cc2)ccc1OCc1ccccc1F. The van der Waals surface area contributed by atoms with E-state index in [-0.39, 0.29) is 18.3 Å². The summed E-state index contributed by atoms with van der Waals surface area (Å²) in [5, 5.41) is 4.05.